The van der Waals surface area contributed by atoms with E-state index in [0.29, 0.717) is 0 Å². The van der Waals surface area contributed by atoms with E-state index in [2.05, 4.69) is 61.5 Å². The Morgan fingerprint density at radius 3 is 1.70 bits per heavy atom. The van der Waals surface area contributed by atoms with Crippen LogP contribution in [0.25, 0.3) is 6.08 Å². The summed E-state index contributed by atoms with van der Waals surface area (Å²) in [6.45, 7) is 2.16. The van der Waals surface area contributed by atoms with Crippen molar-refractivity contribution >= 4 is 24.6 Å². The van der Waals surface area contributed by atoms with E-state index >= 15 is 0 Å². The van der Waals surface area contributed by atoms with Crippen molar-refractivity contribution in [2.24, 2.45) is 0 Å². The molecule has 0 fully saturated rings. The molecule has 114 valence electrons. The molecule has 0 aromatic heterocycles. The highest BCUT2D eigenvalue weighted by molar-refractivity contribution is 7.76. The zero-order valence-corrected chi connectivity index (χ0v) is 13.9. The van der Waals surface area contributed by atoms with Crippen LogP contribution in [0, 0.1) is 5.82 Å². The van der Waals surface area contributed by atoms with Crippen LogP contribution in [-0.2, 0) is 0 Å². The molecule has 0 amide bonds. The highest BCUT2D eigenvalue weighted by Crippen LogP contribution is 2.43. The molecule has 0 aliphatic rings. The van der Waals surface area contributed by atoms with Crippen molar-refractivity contribution in [3.63, 3.8) is 0 Å². The fourth-order valence-electron chi connectivity index (χ4n) is 2.58. The van der Waals surface area contributed by atoms with Gasteiger partial charge in [-0.3, -0.25) is 0 Å². The normalized spacial score (nSPS) is 11.7. The van der Waals surface area contributed by atoms with E-state index in [1.54, 1.807) is 0 Å². The number of allylic oxidation sites excluding steroid dienone is 1. The molecule has 23 heavy (non-hydrogen) atoms. The Balaban J connectivity index is 2.03. The summed E-state index contributed by atoms with van der Waals surface area (Å²) in [5.41, 5.74) is 1.03. The molecule has 3 rings (SSSR count). The third-order valence-electron chi connectivity index (χ3n) is 3.63. The van der Waals surface area contributed by atoms with Gasteiger partial charge in [0.15, 0.2) is 0 Å². The van der Waals surface area contributed by atoms with Gasteiger partial charge in [0.2, 0.25) is 0 Å². The van der Waals surface area contributed by atoms with Gasteiger partial charge in [-0.1, -0.05) is 78.9 Å². The monoisotopic (exact) mass is 320 g/mol. The average molecular weight is 320 g/mol. The molecule has 0 aliphatic heterocycles. The Morgan fingerprint density at radius 2 is 1.22 bits per heavy atom. The second kappa shape index (κ2) is 7.35. The van der Waals surface area contributed by atoms with Crippen molar-refractivity contribution in [3.8, 4) is 0 Å². The van der Waals surface area contributed by atoms with Crippen LogP contribution in [0.15, 0.2) is 90.2 Å². The molecule has 0 saturated carbocycles. The molecule has 0 unspecified atom stereocenters. The van der Waals surface area contributed by atoms with Gasteiger partial charge in [-0.15, -0.1) is 0 Å². The second-order valence-corrected chi connectivity index (χ2v) is 7.75. The number of halogens is 1. The minimum atomic E-state index is -0.576. The molecule has 0 N–H and O–H groups in total. The number of hydrogen-bond donors (Lipinski definition) is 0. The smallest absolute Gasteiger partial charge is 0.123 e. The van der Waals surface area contributed by atoms with Gasteiger partial charge in [0, 0.05) is 0 Å². The van der Waals surface area contributed by atoms with Crippen LogP contribution in [0.4, 0.5) is 4.39 Å². The van der Waals surface area contributed by atoms with Crippen LogP contribution in [-0.4, -0.2) is 0 Å². The fourth-order valence-corrected chi connectivity index (χ4v) is 4.91. The number of hydrogen-bond acceptors (Lipinski definition) is 0. The van der Waals surface area contributed by atoms with E-state index in [1.807, 2.05) is 24.3 Å². The van der Waals surface area contributed by atoms with Crippen molar-refractivity contribution in [1.29, 1.82) is 0 Å². The molecule has 0 heterocycles. The molecule has 0 saturated heterocycles. The van der Waals surface area contributed by atoms with E-state index in [-0.39, 0.29) is 5.82 Å². The molecule has 3 aromatic carbocycles. The minimum Gasteiger partial charge on any atom is -0.207 e. The zero-order valence-electron chi connectivity index (χ0n) is 13.0. The summed E-state index contributed by atoms with van der Waals surface area (Å²) in [5.74, 6) is -0.201. The minimum absolute atomic E-state index is 0.201. The predicted molar refractivity (Wildman–Crippen MR) is 99.1 cm³/mol. The SMILES string of the molecule is CC(=Cc1ccc(F)cc1)P(c1ccccc1)c1ccccc1. The van der Waals surface area contributed by atoms with Gasteiger partial charge in [0.05, 0.1) is 0 Å². The van der Waals surface area contributed by atoms with Crippen molar-refractivity contribution in [2.45, 2.75) is 6.92 Å². The first-order valence-electron chi connectivity index (χ1n) is 7.58. The lowest BCUT2D eigenvalue weighted by Crippen LogP contribution is -2.11. The van der Waals surface area contributed by atoms with Gasteiger partial charge >= 0.3 is 0 Å². The molecular weight excluding hydrogens is 302 g/mol. The topological polar surface area (TPSA) is 0 Å². The standard InChI is InChI=1S/C21H18FP/c1-17(16-18-12-14-19(22)15-13-18)23(20-8-4-2-5-9-20)21-10-6-3-7-11-21/h2-16H,1H3. The van der Waals surface area contributed by atoms with Gasteiger partial charge in [-0.25, -0.2) is 4.39 Å². The van der Waals surface area contributed by atoms with Gasteiger partial charge in [0.25, 0.3) is 0 Å². The van der Waals surface area contributed by atoms with E-state index in [0.717, 1.165) is 5.56 Å². The molecule has 0 nitrogen and oxygen atoms in total. The van der Waals surface area contributed by atoms with Crippen LogP contribution < -0.4 is 10.6 Å². The number of benzene rings is 3. The Labute approximate surface area is 138 Å². The third-order valence-corrected chi connectivity index (χ3v) is 6.09. The molecule has 0 bridgehead atoms. The maximum absolute atomic E-state index is 13.1. The van der Waals surface area contributed by atoms with Crippen LogP contribution in [0.2, 0.25) is 0 Å². The van der Waals surface area contributed by atoms with Crippen molar-refractivity contribution in [1.82, 2.24) is 0 Å². The van der Waals surface area contributed by atoms with Crippen LogP contribution in [0.1, 0.15) is 12.5 Å². The van der Waals surface area contributed by atoms with Gasteiger partial charge < -0.3 is 0 Å². The molecule has 0 spiro atoms. The first-order chi connectivity index (χ1) is 11.2. The van der Waals surface area contributed by atoms with Gasteiger partial charge in [-0.05, 0) is 48.5 Å². The summed E-state index contributed by atoms with van der Waals surface area (Å²) in [7, 11) is -0.576. The van der Waals surface area contributed by atoms with Crippen molar-refractivity contribution in [2.75, 3.05) is 0 Å². The molecule has 0 aliphatic carbocycles. The van der Waals surface area contributed by atoms with Crippen LogP contribution >= 0.6 is 7.92 Å². The number of rotatable bonds is 4. The lowest BCUT2D eigenvalue weighted by atomic mass is 10.2. The van der Waals surface area contributed by atoms with E-state index < -0.39 is 7.92 Å². The molecule has 3 aromatic rings. The average Bonchev–Trinajstić information content (AvgIpc) is 2.59. The highest BCUT2D eigenvalue weighted by Gasteiger charge is 2.15. The summed E-state index contributed by atoms with van der Waals surface area (Å²) in [6.07, 6.45) is 2.16. The largest absolute Gasteiger partial charge is 0.207 e. The summed E-state index contributed by atoms with van der Waals surface area (Å²) >= 11 is 0. The predicted octanol–water partition coefficient (Wildman–Crippen LogP) is 5.32. The van der Waals surface area contributed by atoms with Crippen molar-refractivity contribution < 1.29 is 4.39 Å². The summed E-state index contributed by atoms with van der Waals surface area (Å²) in [6, 6.07) is 27.8. The first-order valence-corrected chi connectivity index (χ1v) is 8.92. The quantitative estimate of drug-likeness (QED) is 0.571. The van der Waals surface area contributed by atoms with Gasteiger partial charge in [-0.2, -0.15) is 0 Å². The van der Waals surface area contributed by atoms with E-state index in [4.69, 9.17) is 0 Å². The lowest BCUT2D eigenvalue weighted by molar-refractivity contribution is 0.628. The Bertz CT molecular complexity index is 738. The fraction of sp³-hybridized carbons (Fsp3) is 0.0476. The molecular formula is C21H18FP. The molecule has 0 radical (unpaired) electrons. The summed E-state index contributed by atoms with van der Waals surface area (Å²) < 4.78 is 13.1. The second-order valence-electron chi connectivity index (χ2n) is 5.34. The Morgan fingerprint density at radius 1 is 0.739 bits per heavy atom. The summed E-state index contributed by atoms with van der Waals surface area (Å²) in [4.78, 5) is 0. The first kappa shape index (κ1) is 15.6. The van der Waals surface area contributed by atoms with Crippen LogP contribution in [0.3, 0.4) is 0 Å². The van der Waals surface area contributed by atoms with E-state index in [1.165, 1.54) is 28.1 Å². The van der Waals surface area contributed by atoms with E-state index in [9.17, 15) is 4.39 Å². The third kappa shape index (κ3) is 3.94. The van der Waals surface area contributed by atoms with Gasteiger partial charge in [0.1, 0.15) is 5.82 Å². The Hall–Kier alpha value is -2.24. The maximum Gasteiger partial charge on any atom is 0.123 e. The maximum atomic E-state index is 13.1. The Kier molecular flexibility index (Phi) is 5.00. The van der Waals surface area contributed by atoms with Crippen LogP contribution in [0.5, 0.6) is 0 Å². The summed E-state index contributed by atoms with van der Waals surface area (Å²) in [5, 5.41) is 3.94. The van der Waals surface area contributed by atoms with Crippen molar-refractivity contribution in [3.05, 3.63) is 102 Å². The molecule has 0 atom stereocenters. The lowest BCUT2D eigenvalue weighted by Gasteiger charge is -2.19. The highest BCUT2D eigenvalue weighted by atomic mass is 31.1. The molecule has 2 heteroatoms. The zero-order chi connectivity index (χ0) is 16.1.